The van der Waals surface area contributed by atoms with Crippen molar-refractivity contribution in [1.29, 1.82) is 5.26 Å². The lowest BCUT2D eigenvalue weighted by Gasteiger charge is -2.41. The summed E-state index contributed by atoms with van der Waals surface area (Å²) in [4.78, 5) is 8.89. The van der Waals surface area contributed by atoms with Gasteiger partial charge in [0.2, 0.25) is 0 Å². The lowest BCUT2D eigenvalue weighted by Crippen LogP contribution is -2.54. The Morgan fingerprint density at radius 1 is 1.33 bits per heavy atom. The third-order valence-electron chi connectivity index (χ3n) is 3.38. The zero-order valence-corrected chi connectivity index (χ0v) is 12.3. The first-order chi connectivity index (χ1) is 8.54. The normalized spacial score (nSPS) is 17.6. The molecule has 0 amide bonds. The molecule has 0 spiro atoms. The number of nitrogens with zero attached hydrogens (tertiary/aromatic N) is 4. The van der Waals surface area contributed by atoms with E-state index in [-0.39, 0.29) is 5.54 Å². The van der Waals surface area contributed by atoms with Crippen molar-refractivity contribution in [2.24, 2.45) is 0 Å². The van der Waals surface area contributed by atoms with Crippen LogP contribution in [0.15, 0.2) is 22.8 Å². The lowest BCUT2D eigenvalue weighted by atomic mass is 10.0. The van der Waals surface area contributed by atoms with Crippen LogP contribution in [0.1, 0.15) is 13.8 Å². The van der Waals surface area contributed by atoms with Gasteiger partial charge in [0, 0.05) is 32.4 Å². The molecule has 1 aromatic rings. The number of pyridine rings is 1. The van der Waals surface area contributed by atoms with Crippen LogP contribution < -0.4 is 4.90 Å². The van der Waals surface area contributed by atoms with Gasteiger partial charge >= 0.3 is 0 Å². The molecule has 1 aromatic heterocycles. The number of piperazine rings is 1. The maximum Gasteiger partial charge on any atom is 0.142 e. The van der Waals surface area contributed by atoms with Crippen molar-refractivity contribution in [2.75, 3.05) is 31.1 Å². The molecule has 2 heterocycles. The molecule has 96 valence electrons. The molecule has 1 fully saturated rings. The molecule has 5 heteroatoms. The lowest BCUT2D eigenvalue weighted by molar-refractivity contribution is 0.157. The summed E-state index contributed by atoms with van der Waals surface area (Å²) in [5.74, 6) is 0.993. The summed E-state index contributed by atoms with van der Waals surface area (Å²) in [7, 11) is 0. The Labute approximate surface area is 116 Å². The fraction of sp³-hybridized carbons (Fsp3) is 0.538. The Bertz CT molecular complexity index is 458. The summed E-state index contributed by atoms with van der Waals surface area (Å²) in [5, 5.41) is 9.15. The van der Waals surface area contributed by atoms with Gasteiger partial charge in [0.25, 0.3) is 0 Å². The van der Waals surface area contributed by atoms with Crippen molar-refractivity contribution in [3.63, 3.8) is 0 Å². The second-order valence-electron chi connectivity index (χ2n) is 4.95. The van der Waals surface area contributed by atoms with Gasteiger partial charge in [-0.05, 0) is 41.9 Å². The SMILES string of the molecule is CC(C)(C#N)N1CCN(c2ncccc2Br)CC1. The van der Waals surface area contributed by atoms with E-state index in [2.05, 4.69) is 36.8 Å². The van der Waals surface area contributed by atoms with E-state index < -0.39 is 0 Å². The molecule has 1 aliphatic rings. The van der Waals surface area contributed by atoms with E-state index in [4.69, 9.17) is 5.26 Å². The first-order valence-electron chi connectivity index (χ1n) is 6.06. The molecule has 4 nitrogen and oxygen atoms in total. The molecule has 0 atom stereocenters. The van der Waals surface area contributed by atoms with Gasteiger partial charge in [-0.2, -0.15) is 5.26 Å². The topological polar surface area (TPSA) is 43.2 Å². The van der Waals surface area contributed by atoms with Crippen LogP contribution in [0.4, 0.5) is 5.82 Å². The third-order valence-corrected chi connectivity index (χ3v) is 4.00. The molecular formula is C13H17BrN4. The van der Waals surface area contributed by atoms with Crippen molar-refractivity contribution in [3.05, 3.63) is 22.8 Å². The standard InChI is InChI=1S/C13H17BrN4/c1-13(2,10-15)18-8-6-17(7-9-18)12-11(14)4-3-5-16-12/h3-5H,6-9H2,1-2H3. The quantitative estimate of drug-likeness (QED) is 0.840. The summed E-state index contributed by atoms with van der Waals surface area (Å²) in [6.07, 6.45) is 1.81. The number of anilines is 1. The largest absolute Gasteiger partial charge is 0.353 e. The minimum Gasteiger partial charge on any atom is -0.353 e. The van der Waals surface area contributed by atoms with E-state index in [1.165, 1.54) is 0 Å². The summed E-state index contributed by atoms with van der Waals surface area (Å²) in [6.45, 7) is 7.54. The molecule has 0 saturated carbocycles. The van der Waals surface area contributed by atoms with Crippen LogP contribution in [0.5, 0.6) is 0 Å². The molecule has 0 radical (unpaired) electrons. The molecule has 0 aromatic carbocycles. The van der Waals surface area contributed by atoms with Crippen molar-refractivity contribution >= 4 is 21.7 Å². The van der Waals surface area contributed by atoms with E-state index in [1.807, 2.05) is 32.2 Å². The highest BCUT2D eigenvalue weighted by atomic mass is 79.9. The van der Waals surface area contributed by atoms with E-state index in [1.54, 1.807) is 0 Å². The molecule has 0 N–H and O–H groups in total. The number of rotatable bonds is 2. The van der Waals surface area contributed by atoms with Gasteiger partial charge in [0.05, 0.1) is 10.5 Å². The summed E-state index contributed by atoms with van der Waals surface area (Å²) in [6, 6.07) is 6.29. The highest BCUT2D eigenvalue weighted by molar-refractivity contribution is 9.10. The second kappa shape index (κ2) is 5.25. The van der Waals surface area contributed by atoms with Gasteiger partial charge in [0.15, 0.2) is 0 Å². The zero-order valence-electron chi connectivity index (χ0n) is 10.7. The molecule has 0 unspecified atom stereocenters. The van der Waals surface area contributed by atoms with Crippen LogP contribution in [0.2, 0.25) is 0 Å². The van der Waals surface area contributed by atoms with Gasteiger partial charge in [-0.15, -0.1) is 0 Å². The molecule has 1 aliphatic heterocycles. The van der Waals surface area contributed by atoms with Crippen LogP contribution >= 0.6 is 15.9 Å². The van der Waals surface area contributed by atoms with E-state index in [0.29, 0.717) is 0 Å². The van der Waals surface area contributed by atoms with Crippen LogP contribution in [0.3, 0.4) is 0 Å². The fourth-order valence-corrected chi connectivity index (χ4v) is 2.66. The second-order valence-corrected chi connectivity index (χ2v) is 5.81. The monoisotopic (exact) mass is 308 g/mol. The Hall–Kier alpha value is -1.12. The summed E-state index contributed by atoms with van der Waals surface area (Å²) < 4.78 is 1.03. The van der Waals surface area contributed by atoms with Crippen molar-refractivity contribution in [1.82, 2.24) is 9.88 Å². The number of hydrogen-bond acceptors (Lipinski definition) is 4. The van der Waals surface area contributed by atoms with E-state index >= 15 is 0 Å². The molecular weight excluding hydrogens is 292 g/mol. The number of nitriles is 1. The number of hydrogen-bond donors (Lipinski definition) is 0. The van der Waals surface area contributed by atoms with Crippen molar-refractivity contribution in [3.8, 4) is 6.07 Å². The average Bonchev–Trinajstić information content (AvgIpc) is 2.39. The predicted octanol–water partition coefficient (Wildman–Crippen LogP) is 2.27. The van der Waals surface area contributed by atoms with Gasteiger partial charge in [0.1, 0.15) is 11.4 Å². The van der Waals surface area contributed by atoms with Crippen LogP contribution in [0.25, 0.3) is 0 Å². The molecule has 0 aliphatic carbocycles. The molecule has 2 rings (SSSR count). The Morgan fingerprint density at radius 2 is 2.00 bits per heavy atom. The van der Waals surface area contributed by atoms with Gasteiger partial charge < -0.3 is 4.90 Å². The predicted molar refractivity (Wildman–Crippen MR) is 75.4 cm³/mol. The van der Waals surface area contributed by atoms with Gasteiger partial charge in [-0.25, -0.2) is 4.98 Å². The van der Waals surface area contributed by atoms with E-state index in [0.717, 1.165) is 36.5 Å². The number of aromatic nitrogens is 1. The van der Waals surface area contributed by atoms with Gasteiger partial charge in [-0.1, -0.05) is 0 Å². The summed E-state index contributed by atoms with van der Waals surface area (Å²) in [5.41, 5.74) is -0.382. The maximum atomic E-state index is 9.15. The first-order valence-corrected chi connectivity index (χ1v) is 6.85. The van der Waals surface area contributed by atoms with Crippen LogP contribution in [0, 0.1) is 11.3 Å². The third kappa shape index (κ3) is 2.65. The highest BCUT2D eigenvalue weighted by Crippen LogP contribution is 2.25. The van der Waals surface area contributed by atoms with Crippen molar-refractivity contribution in [2.45, 2.75) is 19.4 Å². The number of halogens is 1. The maximum absolute atomic E-state index is 9.15. The van der Waals surface area contributed by atoms with Crippen LogP contribution in [-0.4, -0.2) is 41.6 Å². The van der Waals surface area contributed by atoms with Gasteiger partial charge in [-0.3, -0.25) is 4.90 Å². The molecule has 0 bridgehead atoms. The minimum atomic E-state index is -0.382. The average molecular weight is 309 g/mol. The fourth-order valence-electron chi connectivity index (χ4n) is 2.16. The molecule has 1 saturated heterocycles. The van der Waals surface area contributed by atoms with Crippen molar-refractivity contribution < 1.29 is 0 Å². The Kier molecular flexibility index (Phi) is 3.88. The first kappa shape index (κ1) is 13.3. The highest BCUT2D eigenvalue weighted by Gasteiger charge is 2.30. The van der Waals surface area contributed by atoms with Crippen LogP contribution in [-0.2, 0) is 0 Å². The Morgan fingerprint density at radius 3 is 2.56 bits per heavy atom. The molecule has 18 heavy (non-hydrogen) atoms. The zero-order chi connectivity index (χ0) is 13.2. The Balaban J connectivity index is 2.04. The summed E-state index contributed by atoms with van der Waals surface area (Å²) >= 11 is 3.53. The van der Waals surface area contributed by atoms with E-state index in [9.17, 15) is 0 Å². The smallest absolute Gasteiger partial charge is 0.142 e. The minimum absolute atomic E-state index is 0.382.